The fourth-order valence-corrected chi connectivity index (χ4v) is 4.25. The van der Waals surface area contributed by atoms with Gasteiger partial charge in [0.2, 0.25) is 11.0 Å². The highest BCUT2D eigenvalue weighted by Crippen LogP contribution is 2.43. The van der Waals surface area contributed by atoms with Crippen LogP contribution in [0.2, 0.25) is 0 Å². The number of aryl methyl sites for hydroxylation is 1. The number of nitrogens with zero attached hydrogens (tertiary/aromatic N) is 4. The van der Waals surface area contributed by atoms with Crippen LogP contribution in [0.5, 0.6) is 0 Å². The SMILES string of the molecule is Cc1ccccc1N1CC2(CCN(c3nncs3)C2)CC1=O. The molecule has 3 heterocycles. The normalized spacial score (nSPS) is 24.7. The van der Waals surface area contributed by atoms with Crippen LogP contribution in [0.15, 0.2) is 29.8 Å². The third-order valence-corrected chi connectivity index (χ3v) is 5.53. The number of benzene rings is 1. The molecule has 2 aromatic rings. The number of carbonyl (C=O) groups is 1. The number of para-hydroxylation sites is 1. The topological polar surface area (TPSA) is 49.3 Å². The van der Waals surface area contributed by atoms with E-state index < -0.39 is 0 Å². The lowest BCUT2D eigenvalue weighted by Gasteiger charge is -2.24. The first-order valence-corrected chi connectivity index (χ1v) is 8.42. The van der Waals surface area contributed by atoms with E-state index in [9.17, 15) is 4.79 Å². The van der Waals surface area contributed by atoms with Gasteiger partial charge in [0.05, 0.1) is 0 Å². The van der Waals surface area contributed by atoms with Crippen molar-refractivity contribution in [2.75, 3.05) is 29.4 Å². The second-order valence-electron chi connectivity index (χ2n) is 6.34. The lowest BCUT2D eigenvalue weighted by molar-refractivity contribution is -0.117. The van der Waals surface area contributed by atoms with Gasteiger partial charge in [-0.15, -0.1) is 10.2 Å². The van der Waals surface area contributed by atoms with Gasteiger partial charge in [-0.1, -0.05) is 29.5 Å². The molecule has 2 saturated heterocycles. The van der Waals surface area contributed by atoms with Crippen LogP contribution in [0.4, 0.5) is 10.8 Å². The van der Waals surface area contributed by atoms with Gasteiger partial charge < -0.3 is 9.80 Å². The zero-order valence-corrected chi connectivity index (χ0v) is 13.3. The van der Waals surface area contributed by atoms with E-state index >= 15 is 0 Å². The van der Waals surface area contributed by atoms with Gasteiger partial charge in [-0.3, -0.25) is 4.79 Å². The lowest BCUT2D eigenvalue weighted by atomic mass is 9.86. The Labute approximate surface area is 133 Å². The molecule has 5 nitrogen and oxygen atoms in total. The van der Waals surface area contributed by atoms with Crippen LogP contribution < -0.4 is 9.80 Å². The molecule has 0 bridgehead atoms. The first-order chi connectivity index (χ1) is 10.7. The Balaban J connectivity index is 1.57. The van der Waals surface area contributed by atoms with Crippen molar-refractivity contribution < 1.29 is 4.79 Å². The summed E-state index contributed by atoms with van der Waals surface area (Å²) in [7, 11) is 0. The number of anilines is 2. The molecule has 1 aromatic carbocycles. The van der Waals surface area contributed by atoms with Crippen molar-refractivity contribution in [3.8, 4) is 0 Å². The maximum Gasteiger partial charge on any atom is 0.227 e. The Morgan fingerprint density at radius 1 is 1.27 bits per heavy atom. The molecule has 0 radical (unpaired) electrons. The Kier molecular flexibility index (Phi) is 3.14. The molecule has 2 aliphatic heterocycles. The molecule has 0 N–H and O–H groups in total. The van der Waals surface area contributed by atoms with Gasteiger partial charge >= 0.3 is 0 Å². The number of rotatable bonds is 2. The van der Waals surface area contributed by atoms with E-state index in [0.717, 1.165) is 42.4 Å². The van der Waals surface area contributed by atoms with Gasteiger partial charge in [-0.25, -0.2) is 0 Å². The van der Waals surface area contributed by atoms with Crippen LogP contribution in [-0.4, -0.2) is 35.7 Å². The molecule has 6 heteroatoms. The second kappa shape index (κ2) is 5.05. The summed E-state index contributed by atoms with van der Waals surface area (Å²) in [6.07, 6.45) is 1.68. The molecular weight excluding hydrogens is 296 g/mol. The van der Waals surface area contributed by atoms with Crippen molar-refractivity contribution in [2.24, 2.45) is 5.41 Å². The summed E-state index contributed by atoms with van der Waals surface area (Å²) in [5, 5.41) is 9.05. The molecule has 1 amide bonds. The number of hydrogen-bond donors (Lipinski definition) is 0. The minimum atomic E-state index is 0.0606. The van der Waals surface area contributed by atoms with Crippen molar-refractivity contribution >= 4 is 28.1 Å². The summed E-state index contributed by atoms with van der Waals surface area (Å²) >= 11 is 1.57. The molecular formula is C16H18N4OS. The van der Waals surface area contributed by atoms with Crippen LogP contribution in [0.25, 0.3) is 0 Å². The molecule has 22 heavy (non-hydrogen) atoms. The number of aromatic nitrogens is 2. The first-order valence-electron chi connectivity index (χ1n) is 7.54. The third-order valence-electron chi connectivity index (χ3n) is 4.78. The van der Waals surface area contributed by atoms with E-state index in [2.05, 4.69) is 28.1 Å². The maximum atomic E-state index is 12.6. The van der Waals surface area contributed by atoms with E-state index in [-0.39, 0.29) is 11.3 Å². The van der Waals surface area contributed by atoms with Crippen LogP contribution >= 0.6 is 11.3 Å². The predicted octanol–water partition coefficient (Wildman–Crippen LogP) is 2.48. The average molecular weight is 314 g/mol. The van der Waals surface area contributed by atoms with Gasteiger partial charge in [0, 0.05) is 37.2 Å². The lowest BCUT2D eigenvalue weighted by Crippen LogP contribution is -2.31. The van der Waals surface area contributed by atoms with Crippen LogP contribution in [0, 0.1) is 12.3 Å². The fourth-order valence-electron chi connectivity index (χ4n) is 3.66. The van der Waals surface area contributed by atoms with Gasteiger partial charge in [-0.05, 0) is 25.0 Å². The molecule has 114 valence electrons. The molecule has 0 saturated carbocycles. The largest absolute Gasteiger partial charge is 0.346 e. The summed E-state index contributed by atoms with van der Waals surface area (Å²) in [5.74, 6) is 0.244. The highest BCUT2D eigenvalue weighted by Gasteiger charge is 2.48. The minimum Gasteiger partial charge on any atom is -0.346 e. The number of amides is 1. The standard InChI is InChI=1S/C16H18N4OS/c1-12-4-2-3-5-13(12)20-10-16(8-14(20)21)6-7-19(9-16)15-18-17-11-22-15/h2-5,11H,6-10H2,1H3. The molecule has 2 fully saturated rings. The summed E-state index contributed by atoms with van der Waals surface area (Å²) < 4.78 is 0. The van der Waals surface area contributed by atoms with Crippen molar-refractivity contribution in [3.05, 3.63) is 35.3 Å². The maximum absolute atomic E-state index is 12.6. The number of carbonyl (C=O) groups excluding carboxylic acids is 1. The molecule has 2 aliphatic rings. The van der Waals surface area contributed by atoms with Crippen molar-refractivity contribution in [3.63, 3.8) is 0 Å². The molecule has 1 spiro atoms. The monoisotopic (exact) mass is 314 g/mol. The highest BCUT2D eigenvalue weighted by atomic mass is 32.1. The van der Waals surface area contributed by atoms with E-state index in [0.29, 0.717) is 6.42 Å². The van der Waals surface area contributed by atoms with Crippen LogP contribution in [-0.2, 0) is 4.79 Å². The van der Waals surface area contributed by atoms with E-state index in [1.807, 2.05) is 23.1 Å². The number of hydrogen-bond acceptors (Lipinski definition) is 5. The Morgan fingerprint density at radius 3 is 2.91 bits per heavy atom. The highest BCUT2D eigenvalue weighted by molar-refractivity contribution is 7.13. The summed E-state index contributed by atoms with van der Waals surface area (Å²) in [6.45, 7) is 4.74. The van der Waals surface area contributed by atoms with Crippen molar-refractivity contribution in [2.45, 2.75) is 19.8 Å². The molecule has 1 atom stereocenters. The minimum absolute atomic E-state index is 0.0606. The summed E-state index contributed by atoms with van der Waals surface area (Å²) in [6, 6.07) is 8.13. The zero-order valence-electron chi connectivity index (χ0n) is 12.5. The summed E-state index contributed by atoms with van der Waals surface area (Å²) in [5.41, 5.74) is 4.04. The van der Waals surface area contributed by atoms with E-state index in [1.54, 1.807) is 16.8 Å². The van der Waals surface area contributed by atoms with E-state index in [4.69, 9.17) is 0 Å². The predicted molar refractivity (Wildman–Crippen MR) is 87.3 cm³/mol. The smallest absolute Gasteiger partial charge is 0.227 e. The first kappa shape index (κ1) is 13.7. The van der Waals surface area contributed by atoms with Gasteiger partial charge in [0.25, 0.3) is 0 Å². The average Bonchev–Trinajstić information content (AvgIpc) is 3.21. The molecule has 1 unspecified atom stereocenters. The van der Waals surface area contributed by atoms with E-state index in [1.165, 1.54) is 0 Å². The Bertz CT molecular complexity index is 702. The van der Waals surface area contributed by atoms with Crippen molar-refractivity contribution in [1.29, 1.82) is 0 Å². The fraction of sp³-hybridized carbons (Fsp3) is 0.438. The van der Waals surface area contributed by atoms with Gasteiger partial charge in [0.15, 0.2) is 0 Å². The zero-order chi connectivity index (χ0) is 15.2. The third kappa shape index (κ3) is 2.18. The van der Waals surface area contributed by atoms with Gasteiger partial charge in [-0.2, -0.15) is 0 Å². The second-order valence-corrected chi connectivity index (χ2v) is 7.15. The van der Waals surface area contributed by atoms with Gasteiger partial charge in [0.1, 0.15) is 5.51 Å². The molecule has 1 aromatic heterocycles. The summed E-state index contributed by atoms with van der Waals surface area (Å²) in [4.78, 5) is 16.8. The molecule has 0 aliphatic carbocycles. The quantitative estimate of drug-likeness (QED) is 0.854. The van der Waals surface area contributed by atoms with Crippen LogP contribution in [0.3, 0.4) is 0 Å². The Hall–Kier alpha value is -1.95. The Morgan fingerprint density at radius 2 is 2.14 bits per heavy atom. The van der Waals surface area contributed by atoms with Crippen molar-refractivity contribution in [1.82, 2.24) is 10.2 Å². The van der Waals surface area contributed by atoms with Crippen LogP contribution in [0.1, 0.15) is 18.4 Å². The molecule has 4 rings (SSSR count).